The van der Waals surface area contributed by atoms with Crippen LogP contribution in [0, 0.1) is 0 Å². The SMILES string of the molecule is CC1(C)c2ccccc2-c2ccc(N(c3cccc(-c4ccc5oc6ccccc6c5c4)c3)c3cccc4c3-c3ccccc3C43c4ccccc4N(c4ccccc4)c4ccccc43)cc21. The molecule has 0 saturated heterocycles. The monoisotopic (exact) mass is 856 g/mol. The van der Waals surface area contributed by atoms with E-state index in [9.17, 15) is 0 Å². The molecule has 3 heteroatoms. The van der Waals surface area contributed by atoms with E-state index in [-0.39, 0.29) is 5.41 Å². The Kier molecular flexibility index (Phi) is 7.95. The van der Waals surface area contributed by atoms with E-state index >= 15 is 0 Å². The fourth-order valence-electron chi connectivity index (χ4n) is 12.2. The molecule has 14 rings (SSSR count). The van der Waals surface area contributed by atoms with Gasteiger partial charge in [0.15, 0.2) is 0 Å². The van der Waals surface area contributed by atoms with Crippen molar-refractivity contribution in [3.8, 4) is 33.4 Å². The molecule has 316 valence electrons. The molecule has 0 saturated carbocycles. The van der Waals surface area contributed by atoms with Crippen molar-refractivity contribution in [2.45, 2.75) is 24.7 Å². The van der Waals surface area contributed by atoms with E-state index in [0.717, 1.165) is 55.8 Å². The highest BCUT2D eigenvalue weighted by Crippen LogP contribution is 2.65. The lowest BCUT2D eigenvalue weighted by Gasteiger charge is -2.45. The lowest BCUT2D eigenvalue weighted by atomic mass is 9.64. The lowest BCUT2D eigenvalue weighted by molar-refractivity contribution is 0.660. The number of hydrogen-bond acceptors (Lipinski definition) is 3. The van der Waals surface area contributed by atoms with Crippen molar-refractivity contribution in [1.29, 1.82) is 0 Å². The van der Waals surface area contributed by atoms with Gasteiger partial charge in [-0.3, -0.25) is 0 Å². The molecule has 0 atom stereocenters. The highest BCUT2D eigenvalue weighted by Gasteiger charge is 2.52. The molecule has 1 spiro atoms. The number of hydrogen-bond donors (Lipinski definition) is 0. The van der Waals surface area contributed by atoms with Crippen LogP contribution in [0.5, 0.6) is 0 Å². The molecule has 3 nitrogen and oxygen atoms in total. The van der Waals surface area contributed by atoms with Gasteiger partial charge in [0.1, 0.15) is 11.2 Å². The first-order valence-corrected chi connectivity index (χ1v) is 23.3. The summed E-state index contributed by atoms with van der Waals surface area (Å²) in [5, 5.41) is 2.25. The van der Waals surface area contributed by atoms with Crippen LogP contribution in [0.25, 0.3) is 55.3 Å². The molecule has 11 aromatic rings. The van der Waals surface area contributed by atoms with Crippen molar-refractivity contribution in [2.24, 2.45) is 0 Å². The number of anilines is 6. The molecule has 2 heterocycles. The third-order valence-electron chi connectivity index (χ3n) is 15.0. The fraction of sp³-hybridized carbons (Fsp3) is 0.0625. The Morgan fingerprint density at radius 3 is 1.79 bits per heavy atom. The Morgan fingerprint density at radius 1 is 0.388 bits per heavy atom. The van der Waals surface area contributed by atoms with E-state index in [2.05, 4.69) is 242 Å². The van der Waals surface area contributed by atoms with Gasteiger partial charge in [0, 0.05) is 38.8 Å². The molecule has 0 N–H and O–H groups in total. The molecule has 1 aromatic heterocycles. The second-order valence-corrected chi connectivity index (χ2v) is 18.8. The Morgan fingerprint density at radius 2 is 0.985 bits per heavy atom. The Hall–Kier alpha value is -8.40. The van der Waals surface area contributed by atoms with Gasteiger partial charge in [-0.2, -0.15) is 0 Å². The second-order valence-electron chi connectivity index (χ2n) is 18.8. The van der Waals surface area contributed by atoms with Gasteiger partial charge in [-0.25, -0.2) is 0 Å². The summed E-state index contributed by atoms with van der Waals surface area (Å²) in [6.07, 6.45) is 0. The maximum atomic E-state index is 6.28. The minimum absolute atomic E-state index is 0.173. The van der Waals surface area contributed by atoms with Gasteiger partial charge in [0.25, 0.3) is 0 Å². The number of fused-ring (bicyclic) bond motifs is 15. The van der Waals surface area contributed by atoms with E-state index in [0.29, 0.717) is 0 Å². The highest BCUT2D eigenvalue weighted by molar-refractivity contribution is 6.07. The molecule has 1 aliphatic heterocycles. The lowest BCUT2D eigenvalue weighted by Crippen LogP contribution is -2.36. The molecule has 0 bridgehead atoms. The quantitative estimate of drug-likeness (QED) is 0.172. The molecule has 2 aliphatic carbocycles. The van der Waals surface area contributed by atoms with E-state index in [1.807, 2.05) is 12.1 Å². The Labute approximate surface area is 390 Å². The molecular formula is C64H44N2O. The summed E-state index contributed by atoms with van der Waals surface area (Å²) in [7, 11) is 0. The van der Waals surface area contributed by atoms with Gasteiger partial charge < -0.3 is 14.2 Å². The molecule has 0 amide bonds. The average molecular weight is 857 g/mol. The van der Waals surface area contributed by atoms with Crippen molar-refractivity contribution in [2.75, 3.05) is 9.80 Å². The van der Waals surface area contributed by atoms with Gasteiger partial charge in [0.2, 0.25) is 0 Å². The van der Waals surface area contributed by atoms with Crippen molar-refractivity contribution in [3.63, 3.8) is 0 Å². The molecule has 0 unspecified atom stereocenters. The molecular weight excluding hydrogens is 813 g/mol. The normalized spacial score (nSPS) is 14.3. The predicted molar refractivity (Wildman–Crippen MR) is 277 cm³/mol. The number of para-hydroxylation sites is 4. The number of furan rings is 1. The molecule has 67 heavy (non-hydrogen) atoms. The van der Waals surface area contributed by atoms with Gasteiger partial charge in [0.05, 0.1) is 22.5 Å². The topological polar surface area (TPSA) is 19.6 Å². The Balaban J connectivity index is 1.03. The van der Waals surface area contributed by atoms with E-state index < -0.39 is 5.41 Å². The van der Waals surface area contributed by atoms with Crippen LogP contribution < -0.4 is 9.80 Å². The first-order valence-electron chi connectivity index (χ1n) is 23.3. The largest absolute Gasteiger partial charge is 0.456 e. The standard InChI is InChI=1S/C64H44N2O/c1-63(2)51-25-9-6-22-46(51)47-36-35-45(40-56(47)63)65(44-21-16-18-41(38-44)42-34-37-61-50(39-42)48-23-8-15-33-60(48)67-61)59-32-17-29-55-62(59)49-24-7-10-26-52(49)64(55)53-27-11-13-30-57(53)66(43-19-4-3-5-20-43)58-31-14-12-28-54(58)64/h3-40H,1-2H3. The fourth-order valence-corrected chi connectivity index (χ4v) is 12.2. The van der Waals surface area contributed by atoms with Crippen LogP contribution in [0.15, 0.2) is 235 Å². The molecule has 0 fully saturated rings. The van der Waals surface area contributed by atoms with Crippen LogP contribution in [-0.4, -0.2) is 0 Å². The zero-order valence-corrected chi connectivity index (χ0v) is 37.2. The van der Waals surface area contributed by atoms with Crippen LogP contribution in [0.4, 0.5) is 34.1 Å². The van der Waals surface area contributed by atoms with Gasteiger partial charge in [-0.05, 0) is 134 Å². The van der Waals surface area contributed by atoms with Crippen LogP contribution in [-0.2, 0) is 10.8 Å². The number of benzene rings is 10. The van der Waals surface area contributed by atoms with Crippen LogP contribution >= 0.6 is 0 Å². The van der Waals surface area contributed by atoms with Crippen LogP contribution in [0.3, 0.4) is 0 Å². The summed E-state index contributed by atoms with van der Waals surface area (Å²) >= 11 is 0. The number of nitrogens with zero attached hydrogens (tertiary/aromatic N) is 2. The smallest absolute Gasteiger partial charge is 0.135 e. The van der Waals surface area contributed by atoms with Gasteiger partial charge in [-0.15, -0.1) is 0 Å². The highest BCUT2D eigenvalue weighted by atomic mass is 16.3. The van der Waals surface area contributed by atoms with Crippen molar-refractivity contribution < 1.29 is 4.42 Å². The summed E-state index contributed by atoms with van der Waals surface area (Å²) in [6.45, 7) is 4.75. The van der Waals surface area contributed by atoms with E-state index in [1.165, 1.54) is 67.0 Å². The summed E-state index contributed by atoms with van der Waals surface area (Å²) in [6, 6.07) is 85.2. The minimum atomic E-state index is -0.585. The Bertz CT molecular complexity index is 3770. The van der Waals surface area contributed by atoms with E-state index in [1.54, 1.807) is 0 Å². The first-order chi connectivity index (χ1) is 33.0. The van der Waals surface area contributed by atoms with Gasteiger partial charge >= 0.3 is 0 Å². The zero-order chi connectivity index (χ0) is 44.4. The summed E-state index contributed by atoms with van der Waals surface area (Å²) < 4.78 is 6.28. The predicted octanol–water partition coefficient (Wildman–Crippen LogP) is 17.2. The zero-order valence-electron chi connectivity index (χ0n) is 37.2. The maximum absolute atomic E-state index is 6.28. The van der Waals surface area contributed by atoms with Crippen LogP contribution in [0.2, 0.25) is 0 Å². The molecule has 0 radical (unpaired) electrons. The average Bonchev–Trinajstić information content (AvgIpc) is 3.98. The minimum Gasteiger partial charge on any atom is -0.456 e. The first kappa shape index (κ1) is 37.9. The molecule has 10 aromatic carbocycles. The number of rotatable bonds is 5. The molecule has 3 aliphatic rings. The summed E-state index contributed by atoms with van der Waals surface area (Å²) in [5.41, 5.74) is 23.2. The third-order valence-corrected chi connectivity index (χ3v) is 15.0. The maximum Gasteiger partial charge on any atom is 0.135 e. The third kappa shape index (κ3) is 5.23. The van der Waals surface area contributed by atoms with Crippen molar-refractivity contribution in [3.05, 3.63) is 264 Å². The second kappa shape index (κ2) is 14.1. The van der Waals surface area contributed by atoms with E-state index in [4.69, 9.17) is 4.42 Å². The van der Waals surface area contributed by atoms with Crippen molar-refractivity contribution >= 4 is 56.1 Å². The van der Waals surface area contributed by atoms with Gasteiger partial charge in [-0.1, -0.05) is 172 Å². The summed E-state index contributed by atoms with van der Waals surface area (Å²) in [5.74, 6) is 0. The summed E-state index contributed by atoms with van der Waals surface area (Å²) in [4.78, 5) is 4.98. The van der Waals surface area contributed by atoms with Crippen LogP contribution in [0.1, 0.15) is 47.2 Å². The van der Waals surface area contributed by atoms with Crippen molar-refractivity contribution in [1.82, 2.24) is 0 Å².